The highest BCUT2D eigenvalue weighted by atomic mass is 32.1. The highest BCUT2D eigenvalue weighted by molar-refractivity contribution is 7.12. The van der Waals surface area contributed by atoms with Gasteiger partial charge < -0.3 is 9.74 Å². The number of carbonyl (C=O) groups is 1. The van der Waals surface area contributed by atoms with Gasteiger partial charge in [0.05, 0.1) is 4.88 Å². The molecule has 0 spiro atoms. The van der Waals surface area contributed by atoms with E-state index in [4.69, 9.17) is 4.84 Å². The zero-order chi connectivity index (χ0) is 12.6. The van der Waals surface area contributed by atoms with E-state index in [2.05, 4.69) is 5.16 Å². The summed E-state index contributed by atoms with van der Waals surface area (Å²) in [4.78, 5) is 20.9. The molecule has 1 aromatic rings. The molecule has 5 heteroatoms. The van der Waals surface area contributed by atoms with E-state index in [1.807, 2.05) is 29.3 Å². The summed E-state index contributed by atoms with van der Waals surface area (Å²) in [5, 5.41) is 6.11. The summed E-state index contributed by atoms with van der Waals surface area (Å²) in [5.41, 5.74) is 0.0870. The second-order valence-electron chi connectivity index (χ2n) is 5.01. The Morgan fingerprint density at radius 2 is 2.28 bits per heavy atom. The molecule has 0 unspecified atom stereocenters. The average molecular weight is 264 g/mol. The Balaban J connectivity index is 1.73. The quantitative estimate of drug-likeness (QED) is 0.822. The fourth-order valence-corrected chi connectivity index (χ4v) is 3.19. The van der Waals surface area contributed by atoms with Crippen LogP contribution in [0.2, 0.25) is 0 Å². The molecular formula is C13H16N2O2S. The molecule has 3 heterocycles. The molecule has 3 rings (SSSR count). The van der Waals surface area contributed by atoms with Gasteiger partial charge in [-0.05, 0) is 31.2 Å². The second kappa shape index (κ2) is 4.39. The van der Waals surface area contributed by atoms with Crippen molar-refractivity contribution in [3.63, 3.8) is 0 Å². The summed E-state index contributed by atoms with van der Waals surface area (Å²) >= 11 is 1.63. The third kappa shape index (κ3) is 1.92. The molecule has 1 atom stereocenters. The van der Waals surface area contributed by atoms with Gasteiger partial charge in [0.2, 0.25) is 5.60 Å². The van der Waals surface area contributed by atoms with Crippen molar-refractivity contribution in [1.82, 2.24) is 4.90 Å². The maximum Gasteiger partial charge on any atom is 0.269 e. The maximum absolute atomic E-state index is 12.4. The van der Waals surface area contributed by atoms with Gasteiger partial charge in [-0.2, -0.15) is 0 Å². The zero-order valence-electron chi connectivity index (χ0n) is 10.4. The van der Waals surface area contributed by atoms with E-state index in [1.165, 1.54) is 0 Å². The Morgan fingerprint density at radius 3 is 2.94 bits per heavy atom. The molecule has 0 aromatic carbocycles. The third-order valence-electron chi connectivity index (χ3n) is 3.51. The van der Waals surface area contributed by atoms with Gasteiger partial charge >= 0.3 is 0 Å². The number of amides is 1. The van der Waals surface area contributed by atoms with Crippen molar-refractivity contribution in [3.05, 3.63) is 22.4 Å². The Kier molecular flexibility index (Phi) is 2.86. The van der Waals surface area contributed by atoms with Crippen LogP contribution in [0.3, 0.4) is 0 Å². The van der Waals surface area contributed by atoms with Gasteiger partial charge in [-0.15, -0.1) is 11.3 Å². The average Bonchev–Trinajstić information content (AvgIpc) is 3.10. The first-order valence-corrected chi connectivity index (χ1v) is 7.15. The highest BCUT2D eigenvalue weighted by Crippen LogP contribution is 2.30. The molecular weight excluding hydrogens is 248 g/mol. The SMILES string of the molecule is C[C@]1(C(=O)N2CCCC2)CC(c2cccs2)=NO1. The van der Waals surface area contributed by atoms with Gasteiger partial charge in [0, 0.05) is 19.5 Å². The van der Waals surface area contributed by atoms with Crippen LogP contribution in [-0.2, 0) is 9.63 Å². The first-order valence-electron chi connectivity index (χ1n) is 6.27. The van der Waals surface area contributed by atoms with Crippen LogP contribution in [-0.4, -0.2) is 35.2 Å². The first kappa shape index (κ1) is 11.7. The topological polar surface area (TPSA) is 41.9 Å². The van der Waals surface area contributed by atoms with E-state index in [1.54, 1.807) is 11.3 Å². The number of rotatable bonds is 2. The monoisotopic (exact) mass is 264 g/mol. The van der Waals surface area contributed by atoms with Gasteiger partial charge in [-0.3, -0.25) is 4.79 Å². The summed E-state index contributed by atoms with van der Waals surface area (Å²) < 4.78 is 0. The van der Waals surface area contributed by atoms with Crippen molar-refractivity contribution in [1.29, 1.82) is 0 Å². The highest BCUT2D eigenvalue weighted by Gasteiger charge is 2.45. The van der Waals surface area contributed by atoms with Crippen LogP contribution >= 0.6 is 11.3 Å². The van der Waals surface area contributed by atoms with Crippen molar-refractivity contribution >= 4 is 23.0 Å². The lowest BCUT2D eigenvalue weighted by atomic mass is 9.97. The smallest absolute Gasteiger partial charge is 0.269 e. The minimum atomic E-state index is -0.802. The minimum absolute atomic E-state index is 0.0790. The van der Waals surface area contributed by atoms with Gasteiger partial charge in [0.25, 0.3) is 5.91 Å². The fraction of sp³-hybridized carbons (Fsp3) is 0.538. The molecule has 4 nitrogen and oxygen atoms in total. The van der Waals surface area contributed by atoms with Gasteiger partial charge in [-0.25, -0.2) is 0 Å². The van der Waals surface area contributed by atoms with Crippen molar-refractivity contribution < 1.29 is 9.63 Å². The van der Waals surface area contributed by atoms with Crippen LogP contribution in [0.5, 0.6) is 0 Å². The molecule has 0 aliphatic carbocycles. The van der Waals surface area contributed by atoms with E-state index in [0.717, 1.165) is 36.5 Å². The van der Waals surface area contributed by atoms with Crippen LogP contribution < -0.4 is 0 Å². The maximum atomic E-state index is 12.4. The largest absolute Gasteiger partial charge is 0.379 e. The summed E-state index contributed by atoms with van der Waals surface area (Å²) in [5.74, 6) is 0.0790. The molecule has 18 heavy (non-hydrogen) atoms. The van der Waals surface area contributed by atoms with Crippen LogP contribution in [0, 0.1) is 0 Å². The van der Waals surface area contributed by atoms with Crippen LogP contribution in [0.25, 0.3) is 0 Å². The summed E-state index contributed by atoms with van der Waals surface area (Å²) in [6.45, 7) is 3.55. The number of hydrogen-bond acceptors (Lipinski definition) is 4. The molecule has 0 N–H and O–H groups in total. The third-order valence-corrected chi connectivity index (χ3v) is 4.43. The van der Waals surface area contributed by atoms with E-state index >= 15 is 0 Å². The van der Waals surface area contributed by atoms with Crippen LogP contribution in [0.1, 0.15) is 31.1 Å². The number of nitrogens with zero attached hydrogens (tertiary/aromatic N) is 2. The molecule has 1 saturated heterocycles. The molecule has 1 aromatic heterocycles. The molecule has 96 valence electrons. The predicted molar refractivity (Wildman–Crippen MR) is 70.8 cm³/mol. The fourth-order valence-electron chi connectivity index (χ4n) is 2.48. The number of hydrogen-bond donors (Lipinski definition) is 0. The van der Waals surface area contributed by atoms with Crippen LogP contribution in [0.4, 0.5) is 0 Å². The van der Waals surface area contributed by atoms with Crippen molar-refractivity contribution in [2.75, 3.05) is 13.1 Å². The lowest BCUT2D eigenvalue weighted by Crippen LogP contribution is -2.46. The lowest BCUT2D eigenvalue weighted by molar-refractivity contribution is -0.152. The van der Waals surface area contributed by atoms with Crippen LogP contribution in [0.15, 0.2) is 22.7 Å². The molecule has 0 bridgehead atoms. The molecule has 1 fully saturated rings. The normalized spacial score (nSPS) is 27.2. The second-order valence-corrected chi connectivity index (χ2v) is 5.96. The summed E-state index contributed by atoms with van der Waals surface area (Å²) in [6.07, 6.45) is 2.77. The summed E-state index contributed by atoms with van der Waals surface area (Å²) in [7, 11) is 0. The van der Waals surface area contributed by atoms with E-state index in [-0.39, 0.29) is 5.91 Å². The Bertz CT molecular complexity index is 477. The Labute approximate surface area is 110 Å². The van der Waals surface area contributed by atoms with Crippen molar-refractivity contribution in [2.45, 2.75) is 31.8 Å². The van der Waals surface area contributed by atoms with E-state index in [0.29, 0.717) is 6.42 Å². The predicted octanol–water partition coefficient (Wildman–Crippen LogP) is 2.25. The molecule has 2 aliphatic heterocycles. The van der Waals surface area contributed by atoms with Crippen molar-refractivity contribution in [2.24, 2.45) is 5.16 Å². The Morgan fingerprint density at radius 1 is 1.50 bits per heavy atom. The standard InChI is InChI=1S/C13H16N2O2S/c1-13(12(16)15-6-2-3-7-15)9-10(14-17-13)11-5-4-8-18-11/h4-5,8H,2-3,6-7,9H2,1H3/t13-/m1/s1. The molecule has 0 saturated carbocycles. The van der Waals surface area contributed by atoms with Gasteiger partial charge in [0.1, 0.15) is 5.71 Å². The number of carbonyl (C=O) groups excluding carboxylic acids is 1. The van der Waals surface area contributed by atoms with Gasteiger partial charge in [-0.1, -0.05) is 11.2 Å². The minimum Gasteiger partial charge on any atom is -0.379 e. The van der Waals surface area contributed by atoms with Gasteiger partial charge in [0.15, 0.2) is 0 Å². The molecule has 0 radical (unpaired) electrons. The number of likely N-dealkylation sites (tertiary alicyclic amines) is 1. The summed E-state index contributed by atoms with van der Waals surface area (Å²) in [6, 6.07) is 4.00. The zero-order valence-corrected chi connectivity index (χ0v) is 11.2. The first-order chi connectivity index (χ1) is 8.69. The lowest BCUT2D eigenvalue weighted by Gasteiger charge is -2.26. The van der Waals surface area contributed by atoms with Crippen molar-refractivity contribution in [3.8, 4) is 0 Å². The molecule has 2 aliphatic rings. The molecule has 1 amide bonds. The van der Waals surface area contributed by atoms with E-state index < -0.39 is 5.60 Å². The van der Waals surface area contributed by atoms with E-state index in [9.17, 15) is 4.79 Å². The Hall–Kier alpha value is -1.36. The number of oxime groups is 1. The number of thiophene rings is 1.